The van der Waals surface area contributed by atoms with E-state index in [1.54, 1.807) is 10.8 Å². The molecule has 146 valence electrons. The molecular formula is C18H23BrN4O3S. The van der Waals surface area contributed by atoms with Crippen LogP contribution < -0.4 is 5.32 Å². The zero-order valence-corrected chi connectivity index (χ0v) is 17.5. The predicted octanol–water partition coefficient (Wildman–Crippen LogP) is 2.38. The minimum Gasteiger partial charge on any atom is -0.352 e. The lowest BCUT2D eigenvalue weighted by atomic mass is 9.97. The second-order valence-corrected chi connectivity index (χ2v) is 9.37. The van der Waals surface area contributed by atoms with Crippen molar-refractivity contribution in [3.8, 4) is 0 Å². The Morgan fingerprint density at radius 3 is 2.52 bits per heavy atom. The van der Waals surface area contributed by atoms with Crippen LogP contribution in [0.5, 0.6) is 0 Å². The van der Waals surface area contributed by atoms with Gasteiger partial charge in [-0.2, -0.15) is 4.31 Å². The number of carbonyl (C=O) groups is 1. The molecule has 7 nitrogen and oxygen atoms in total. The molecule has 1 aromatic carbocycles. The second kappa shape index (κ2) is 8.53. The summed E-state index contributed by atoms with van der Waals surface area (Å²) in [5.74, 6) is -0.190. The molecule has 1 amide bonds. The minimum atomic E-state index is -3.59. The summed E-state index contributed by atoms with van der Waals surface area (Å²) >= 11 is 3.38. The van der Waals surface area contributed by atoms with Crippen LogP contribution >= 0.6 is 15.9 Å². The molecule has 1 aliphatic heterocycles. The molecule has 0 unspecified atom stereocenters. The smallest absolute Gasteiger partial charge is 0.262 e. The van der Waals surface area contributed by atoms with Gasteiger partial charge in [-0.15, -0.1) is 0 Å². The van der Waals surface area contributed by atoms with Crippen molar-refractivity contribution >= 4 is 31.9 Å². The Morgan fingerprint density at radius 1 is 1.26 bits per heavy atom. The molecule has 1 aliphatic rings. The van der Waals surface area contributed by atoms with E-state index in [-0.39, 0.29) is 16.9 Å². The Balaban J connectivity index is 1.53. The maximum absolute atomic E-state index is 12.7. The zero-order valence-electron chi connectivity index (χ0n) is 15.1. The lowest BCUT2D eigenvalue weighted by molar-refractivity contribution is -0.126. The van der Waals surface area contributed by atoms with Crippen LogP contribution in [0.1, 0.15) is 25.3 Å². The Hall–Kier alpha value is -1.71. The van der Waals surface area contributed by atoms with Gasteiger partial charge in [-0.25, -0.2) is 13.4 Å². The topological polar surface area (TPSA) is 84.3 Å². The van der Waals surface area contributed by atoms with Crippen LogP contribution in [0.15, 0.2) is 46.3 Å². The van der Waals surface area contributed by atoms with E-state index < -0.39 is 10.0 Å². The van der Waals surface area contributed by atoms with E-state index in [2.05, 4.69) is 26.2 Å². The third-order valence-corrected chi connectivity index (χ3v) is 7.10. The first-order valence-electron chi connectivity index (χ1n) is 8.94. The quantitative estimate of drug-likeness (QED) is 0.725. The molecule has 0 radical (unpaired) electrons. The van der Waals surface area contributed by atoms with Crippen LogP contribution in [0.2, 0.25) is 0 Å². The molecule has 1 N–H and O–H groups in total. The van der Waals surface area contributed by atoms with E-state index in [9.17, 15) is 13.2 Å². The average molecular weight is 455 g/mol. The lowest BCUT2D eigenvalue weighted by Gasteiger charge is -2.29. The highest BCUT2D eigenvalue weighted by Gasteiger charge is 2.33. The maximum atomic E-state index is 12.7. The van der Waals surface area contributed by atoms with Gasteiger partial charge in [0.25, 0.3) is 10.0 Å². The number of piperidine rings is 1. The molecule has 1 fully saturated rings. The van der Waals surface area contributed by atoms with Gasteiger partial charge in [0.15, 0.2) is 5.03 Å². The van der Waals surface area contributed by atoms with Gasteiger partial charge in [0, 0.05) is 42.8 Å². The summed E-state index contributed by atoms with van der Waals surface area (Å²) < 4.78 is 29.5. The average Bonchev–Trinajstić information content (AvgIpc) is 3.17. The molecule has 0 saturated carbocycles. The molecule has 2 heterocycles. The van der Waals surface area contributed by atoms with Gasteiger partial charge in [0.05, 0.1) is 6.33 Å². The van der Waals surface area contributed by atoms with Crippen LogP contribution in [0.4, 0.5) is 0 Å². The van der Waals surface area contributed by atoms with Crippen LogP contribution in [0.25, 0.3) is 0 Å². The molecule has 1 aromatic heterocycles. The zero-order chi connectivity index (χ0) is 19.4. The number of imidazole rings is 1. The number of hydrogen-bond donors (Lipinski definition) is 1. The number of nitrogens with one attached hydrogen (secondary N) is 1. The number of sulfonamides is 1. The number of rotatable bonds is 6. The van der Waals surface area contributed by atoms with E-state index in [0.717, 1.165) is 10.0 Å². The minimum absolute atomic E-state index is 0.0229. The molecule has 3 rings (SSSR count). The highest BCUT2D eigenvalue weighted by Crippen LogP contribution is 2.23. The molecule has 1 saturated heterocycles. The van der Waals surface area contributed by atoms with Crippen LogP contribution in [0, 0.1) is 5.92 Å². The summed E-state index contributed by atoms with van der Waals surface area (Å²) in [4.78, 5) is 16.4. The fourth-order valence-corrected chi connectivity index (χ4v) is 4.74. The first kappa shape index (κ1) is 20.0. The third-order valence-electron chi connectivity index (χ3n) is 4.78. The summed E-state index contributed by atoms with van der Waals surface area (Å²) in [5, 5.41) is 3.02. The summed E-state index contributed by atoms with van der Waals surface area (Å²) in [5.41, 5.74) is 1.03. The van der Waals surface area contributed by atoms with Gasteiger partial charge in [-0.3, -0.25) is 4.79 Å². The van der Waals surface area contributed by atoms with Gasteiger partial charge in [0.1, 0.15) is 0 Å². The fourth-order valence-electron chi connectivity index (χ4n) is 3.07. The van der Waals surface area contributed by atoms with Crippen molar-refractivity contribution in [1.29, 1.82) is 0 Å². The molecule has 0 bridgehead atoms. The van der Waals surface area contributed by atoms with Crippen molar-refractivity contribution < 1.29 is 13.2 Å². The van der Waals surface area contributed by atoms with Crippen molar-refractivity contribution in [2.24, 2.45) is 5.92 Å². The molecule has 0 aliphatic carbocycles. The molecule has 2 aromatic rings. The lowest BCUT2D eigenvalue weighted by Crippen LogP contribution is -2.42. The van der Waals surface area contributed by atoms with Gasteiger partial charge in [0.2, 0.25) is 5.91 Å². The number of halogens is 1. The molecule has 0 atom stereocenters. The summed E-state index contributed by atoms with van der Waals surface area (Å²) in [6, 6.07) is 7.78. The monoisotopic (exact) mass is 454 g/mol. The van der Waals surface area contributed by atoms with Crippen molar-refractivity contribution in [1.82, 2.24) is 19.2 Å². The Labute approximate surface area is 168 Å². The van der Waals surface area contributed by atoms with E-state index >= 15 is 0 Å². The third kappa shape index (κ3) is 4.77. The van der Waals surface area contributed by atoms with Crippen LogP contribution in [-0.4, -0.2) is 41.3 Å². The van der Waals surface area contributed by atoms with E-state index in [1.807, 2.05) is 31.2 Å². The van der Waals surface area contributed by atoms with Crippen molar-refractivity contribution in [2.45, 2.75) is 37.9 Å². The highest BCUT2D eigenvalue weighted by molar-refractivity contribution is 9.10. The summed E-state index contributed by atoms with van der Waals surface area (Å²) in [6.07, 6.45) is 4.10. The number of nitrogens with zero attached hydrogens (tertiary/aromatic N) is 3. The first-order valence-corrected chi connectivity index (χ1v) is 11.2. The number of aryl methyl sites for hydroxylation is 1. The highest BCUT2D eigenvalue weighted by atomic mass is 79.9. The first-order chi connectivity index (χ1) is 12.9. The van der Waals surface area contributed by atoms with Crippen molar-refractivity contribution in [2.75, 3.05) is 13.1 Å². The van der Waals surface area contributed by atoms with Crippen molar-refractivity contribution in [3.63, 3.8) is 0 Å². The van der Waals surface area contributed by atoms with E-state index in [1.165, 1.54) is 10.6 Å². The standard InChI is InChI=1S/C18H23BrN4O3S/c1-2-22-12-17(21-13-22)27(25,26)23-9-7-15(8-10-23)18(24)20-11-14-3-5-16(19)6-4-14/h3-6,12-13,15H,2,7-11H2,1H3,(H,20,24). The number of carbonyl (C=O) groups excluding carboxylic acids is 1. The molecule has 9 heteroatoms. The van der Waals surface area contributed by atoms with Gasteiger partial charge in [-0.1, -0.05) is 28.1 Å². The van der Waals surface area contributed by atoms with Crippen LogP contribution in [0.3, 0.4) is 0 Å². The molecule has 27 heavy (non-hydrogen) atoms. The normalized spacial score (nSPS) is 16.4. The van der Waals surface area contributed by atoms with Gasteiger partial charge in [-0.05, 0) is 37.5 Å². The summed E-state index contributed by atoms with van der Waals surface area (Å²) in [6.45, 7) is 3.73. The molecular weight excluding hydrogens is 432 g/mol. The second-order valence-electron chi connectivity index (χ2n) is 6.56. The number of aromatic nitrogens is 2. The summed E-state index contributed by atoms with van der Waals surface area (Å²) in [7, 11) is -3.59. The Morgan fingerprint density at radius 2 is 1.93 bits per heavy atom. The Bertz CT molecular complexity index is 888. The number of benzene rings is 1. The predicted molar refractivity (Wildman–Crippen MR) is 105 cm³/mol. The van der Waals surface area contributed by atoms with Gasteiger partial charge >= 0.3 is 0 Å². The van der Waals surface area contributed by atoms with Crippen molar-refractivity contribution in [3.05, 3.63) is 46.8 Å². The maximum Gasteiger partial charge on any atom is 0.262 e. The van der Waals surface area contributed by atoms with Crippen LogP contribution in [-0.2, 0) is 27.9 Å². The van der Waals surface area contributed by atoms with E-state index in [0.29, 0.717) is 39.0 Å². The largest absolute Gasteiger partial charge is 0.352 e. The molecule has 0 spiro atoms. The number of hydrogen-bond acceptors (Lipinski definition) is 4. The number of amides is 1. The van der Waals surface area contributed by atoms with Gasteiger partial charge < -0.3 is 9.88 Å². The Kier molecular flexibility index (Phi) is 6.33. The SMILES string of the molecule is CCn1cnc(S(=O)(=O)N2CCC(C(=O)NCc3ccc(Br)cc3)CC2)c1. The van der Waals surface area contributed by atoms with E-state index in [4.69, 9.17) is 0 Å². The fraction of sp³-hybridized carbons (Fsp3) is 0.444.